The highest BCUT2D eigenvalue weighted by Crippen LogP contribution is 2.16. The third-order valence-corrected chi connectivity index (χ3v) is 6.23. The number of benzene rings is 1. The molecular weight excluding hydrogens is 284 g/mol. The quantitative estimate of drug-likeness (QED) is 0.877. The molecule has 5 heteroatoms. The molecule has 21 heavy (non-hydrogen) atoms. The summed E-state index contributed by atoms with van der Waals surface area (Å²) in [5.41, 5.74) is 2.62. The Bertz CT molecular complexity index is 549. The molecule has 0 radical (unpaired) electrons. The van der Waals surface area contributed by atoms with Crippen molar-refractivity contribution in [3.05, 3.63) is 35.4 Å². The first-order chi connectivity index (χ1) is 10.0. The van der Waals surface area contributed by atoms with E-state index < -0.39 is 10.0 Å². The molecule has 0 spiro atoms. The van der Waals surface area contributed by atoms with E-state index in [9.17, 15) is 8.42 Å². The Labute approximate surface area is 128 Å². The summed E-state index contributed by atoms with van der Waals surface area (Å²) < 4.78 is 25.7. The lowest BCUT2D eigenvalue weighted by atomic mass is 10.0. The van der Waals surface area contributed by atoms with Crippen LogP contribution in [0.5, 0.6) is 0 Å². The molecule has 0 aromatic heterocycles. The number of nitrogens with zero attached hydrogens (tertiary/aromatic N) is 1. The van der Waals surface area contributed by atoms with Gasteiger partial charge in [-0.15, -0.1) is 0 Å². The van der Waals surface area contributed by atoms with Crippen LogP contribution in [0.1, 0.15) is 37.3 Å². The van der Waals surface area contributed by atoms with Crippen molar-refractivity contribution in [1.82, 2.24) is 9.62 Å². The zero-order valence-electron chi connectivity index (χ0n) is 13.0. The van der Waals surface area contributed by atoms with E-state index in [2.05, 4.69) is 36.5 Å². The average Bonchev–Trinajstić information content (AvgIpc) is 2.47. The molecule has 1 aliphatic rings. The van der Waals surface area contributed by atoms with Crippen molar-refractivity contribution >= 4 is 10.0 Å². The van der Waals surface area contributed by atoms with Crippen LogP contribution in [0.4, 0.5) is 0 Å². The third kappa shape index (κ3) is 4.53. The Morgan fingerprint density at radius 2 is 1.90 bits per heavy atom. The van der Waals surface area contributed by atoms with Crippen LogP contribution in [0.25, 0.3) is 0 Å². The van der Waals surface area contributed by atoms with Gasteiger partial charge in [-0.25, -0.2) is 12.7 Å². The molecule has 2 rings (SSSR count). The third-order valence-electron chi connectivity index (χ3n) is 4.15. The van der Waals surface area contributed by atoms with Crippen molar-refractivity contribution in [3.63, 3.8) is 0 Å². The maximum Gasteiger partial charge on any atom is 0.214 e. The largest absolute Gasteiger partial charge is 0.310 e. The Balaban J connectivity index is 1.81. The highest BCUT2D eigenvalue weighted by Gasteiger charge is 2.26. The van der Waals surface area contributed by atoms with Crippen LogP contribution in [0, 0.1) is 6.92 Å². The summed E-state index contributed by atoms with van der Waals surface area (Å²) in [7, 11) is -3.03. The van der Waals surface area contributed by atoms with Crippen molar-refractivity contribution in [2.24, 2.45) is 0 Å². The zero-order valence-corrected chi connectivity index (χ0v) is 13.8. The summed E-state index contributed by atoms with van der Waals surface area (Å²) in [5, 5.41) is 3.56. The first-order valence-electron chi connectivity index (χ1n) is 7.78. The molecule has 1 fully saturated rings. The molecule has 1 aliphatic heterocycles. The van der Waals surface area contributed by atoms with Gasteiger partial charge >= 0.3 is 0 Å². The van der Waals surface area contributed by atoms with Crippen molar-refractivity contribution in [1.29, 1.82) is 0 Å². The van der Waals surface area contributed by atoms with Crippen molar-refractivity contribution in [3.8, 4) is 0 Å². The Morgan fingerprint density at radius 3 is 2.52 bits per heavy atom. The number of hydrogen-bond acceptors (Lipinski definition) is 3. The lowest BCUT2D eigenvalue weighted by Gasteiger charge is -2.31. The maximum absolute atomic E-state index is 12.0. The number of hydrogen-bond donors (Lipinski definition) is 1. The summed E-state index contributed by atoms with van der Waals surface area (Å²) in [6.45, 7) is 6.19. The predicted octanol–water partition coefficient (Wildman–Crippen LogP) is 2.29. The molecule has 0 saturated carbocycles. The van der Waals surface area contributed by atoms with E-state index in [0.717, 1.165) is 19.4 Å². The van der Waals surface area contributed by atoms with E-state index in [-0.39, 0.29) is 5.75 Å². The van der Waals surface area contributed by atoms with Gasteiger partial charge in [0.25, 0.3) is 0 Å². The number of piperidine rings is 1. The molecule has 0 aliphatic carbocycles. The van der Waals surface area contributed by atoms with Gasteiger partial charge in [0.2, 0.25) is 10.0 Å². The lowest BCUT2D eigenvalue weighted by Crippen LogP contribution is -2.45. The fourth-order valence-electron chi connectivity index (χ4n) is 2.79. The number of aryl methyl sites for hydroxylation is 1. The molecule has 0 atom stereocenters. The van der Waals surface area contributed by atoms with E-state index in [1.54, 1.807) is 4.31 Å². The van der Waals surface area contributed by atoms with Crippen LogP contribution < -0.4 is 5.32 Å². The van der Waals surface area contributed by atoms with Gasteiger partial charge in [-0.2, -0.15) is 0 Å². The summed E-state index contributed by atoms with van der Waals surface area (Å²) in [6.07, 6.45) is 2.48. The molecule has 118 valence electrons. The van der Waals surface area contributed by atoms with E-state index in [4.69, 9.17) is 0 Å². The Hall–Kier alpha value is -0.910. The van der Waals surface area contributed by atoms with E-state index >= 15 is 0 Å². The van der Waals surface area contributed by atoms with Crippen molar-refractivity contribution in [2.45, 2.75) is 45.7 Å². The van der Waals surface area contributed by atoms with Gasteiger partial charge in [0.05, 0.1) is 5.75 Å². The van der Waals surface area contributed by atoms with Crippen LogP contribution >= 0.6 is 0 Å². The van der Waals surface area contributed by atoms with Gasteiger partial charge in [0.15, 0.2) is 0 Å². The highest BCUT2D eigenvalue weighted by molar-refractivity contribution is 7.89. The SMILES string of the molecule is CCCS(=O)(=O)N1CCC(NCc2ccccc2C)CC1. The normalized spacial score (nSPS) is 18.0. The van der Waals surface area contributed by atoms with Crippen LogP contribution in [0.2, 0.25) is 0 Å². The standard InChI is InChI=1S/C16H26N2O2S/c1-3-12-21(19,20)18-10-8-16(9-11-18)17-13-15-7-5-4-6-14(15)2/h4-7,16-17H,3,8-13H2,1-2H3. The minimum Gasteiger partial charge on any atom is -0.310 e. The average molecular weight is 310 g/mol. The molecule has 0 unspecified atom stereocenters. The van der Waals surface area contributed by atoms with Gasteiger partial charge in [-0.05, 0) is 37.3 Å². The van der Waals surface area contributed by atoms with E-state index in [0.29, 0.717) is 25.6 Å². The van der Waals surface area contributed by atoms with Crippen LogP contribution in [0.3, 0.4) is 0 Å². The topological polar surface area (TPSA) is 49.4 Å². The first-order valence-corrected chi connectivity index (χ1v) is 9.39. The number of rotatable bonds is 6. The van der Waals surface area contributed by atoms with Gasteiger partial charge in [-0.3, -0.25) is 0 Å². The molecule has 4 nitrogen and oxygen atoms in total. The molecule has 1 saturated heterocycles. The molecule has 0 bridgehead atoms. The zero-order chi connectivity index (χ0) is 15.3. The second kappa shape index (κ2) is 7.38. The van der Waals surface area contributed by atoms with Crippen molar-refractivity contribution < 1.29 is 8.42 Å². The van der Waals surface area contributed by atoms with Gasteiger partial charge in [-0.1, -0.05) is 31.2 Å². The first kappa shape index (κ1) is 16.5. The molecule has 0 amide bonds. The monoisotopic (exact) mass is 310 g/mol. The van der Waals surface area contributed by atoms with Crippen LogP contribution in [-0.2, 0) is 16.6 Å². The predicted molar refractivity (Wildman–Crippen MR) is 86.7 cm³/mol. The second-order valence-corrected chi connectivity index (χ2v) is 7.89. The van der Waals surface area contributed by atoms with Crippen molar-refractivity contribution in [2.75, 3.05) is 18.8 Å². The summed E-state index contributed by atoms with van der Waals surface area (Å²) in [4.78, 5) is 0. The van der Waals surface area contributed by atoms with Gasteiger partial charge in [0.1, 0.15) is 0 Å². The number of sulfonamides is 1. The van der Waals surface area contributed by atoms with E-state index in [1.807, 2.05) is 6.92 Å². The molecule has 1 aromatic rings. The summed E-state index contributed by atoms with van der Waals surface area (Å²) in [6, 6.07) is 8.79. The summed E-state index contributed by atoms with van der Waals surface area (Å²) >= 11 is 0. The minimum absolute atomic E-state index is 0.272. The Morgan fingerprint density at radius 1 is 1.24 bits per heavy atom. The number of nitrogens with one attached hydrogen (secondary N) is 1. The van der Waals surface area contributed by atoms with Crippen LogP contribution in [0.15, 0.2) is 24.3 Å². The van der Waals surface area contributed by atoms with Gasteiger partial charge in [0, 0.05) is 25.7 Å². The molecule has 1 heterocycles. The highest BCUT2D eigenvalue weighted by atomic mass is 32.2. The minimum atomic E-state index is -3.03. The smallest absolute Gasteiger partial charge is 0.214 e. The fraction of sp³-hybridized carbons (Fsp3) is 0.625. The molecule has 1 N–H and O–H groups in total. The lowest BCUT2D eigenvalue weighted by molar-refractivity contribution is 0.288. The summed E-state index contributed by atoms with van der Waals surface area (Å²) in [5.74, 6) is 0.272. The van der Waals surface area contributed by atoms with Crippen LogP contribution in [-0.4, -0.2) is 37.6 Å². The van der Waals surface area contributed by atoms with E-state index in [1.165, 1.54) is 11.1 Å². The Kier molecular flexibility index (Phi) is 5.79. The molecular formula is C16H26N2O2S. The fourth-order valence-corrected chi connectivity index (χ4v) is 4.33. The molecule has 1 aromatic carbocycles. The van der Waals surface area contributed by atoms with Gasteiger partial charge < -0.3 is 5.32 Å². The second-order valence-electron chi connectivity index (χ2n) is 5.80. The maximum atomic E-state index is 12.0.